The van der Waals surface area contributed by atoms with Crippen molar-refractivity contribution in [2.45, 2.75) is 0 Å². The molecule has 22 valence electrons. The topological polar surface area (TPSA) is 22.3 Å². The van der Waals surface area contributed by atoms with Gasteiger partial charge < -0.3 is 11.6 Å². The quantitative estimate of drug-likeness (QED) is 0.274. The van der Waals surface area contributed by atoms with Gasteiger partial charge in [0.15, 0.2) is 0 Å². The zero-order valence-electron chi connectivity index (χ0n) is 2.89. The Morgan fingerprint density at radius 1 is 1.60 bits per heavy atom. The Hall–Kier alpha value is 0.0334. The Balaban J connectivity index is 0. The van der Waals surface area contributed by atoms with Crippen molar-refractivity contribution in [1.82, 2.24) is 0 Å². The average Bonchev–Trinajstić information content (AvgIpc) is 1.37. The summed E-state index contributed by atoms with van der Waals surface area (Å²) in [4.78, 5) is 0. The van der Waals surface area contributed by atoms with E-state index in [2.05, 4.69) is 6.58 Å². The van der Waals surface area contributed by atoms with Crippen LogP contribution in [-0.4, -0.2) is 6.21 Å². The molecular weight excluding hydrogens is 115 g/mol. The summed E-state index contributed by atoms with van der Waals surface area (Å²) in [6, 6.07) is 0. The summed E-state index contributed by atoms with van der Waals surface area (Å²) in [5, 5.41) is 7.57. The van der Waals surface area contributed by atoms with Crippen molar-refractivity contribution in [1.29, 1.82) is 0 Å². The molecule has 0 aliphatic carbocycles. The molecule has 0 aromatic carbocycles. The van der Waals surface area contributed by atoms with Crippen LogP contribution >= 0.6 is 0 Å². The van der Waals surface area contributed by atoms with Crippen LogP contribution in [-0.2, 0) is 19.5 Å². The number of allylic oxidation sites excluding steroid dienone is 1. The van der Waals surface area contributed by atoms with Gasteiger partial charge in [-0.2, -0.15) is 0 Å². The summed E-state index contributed by atoms with van der Waals surface area (Å²) in [5.41, 5.74) is 0. The van der Waals surface area contributed by atoms with Crippen LogP contribution < -0.4 is 0 Å². The Morgan fingerprint density at radius 3 is 1.80 bits per heavy atom. The molecule has 0 aliphatic heterocycles. The van der Waals surface area contributed by atoms with Gasteiger partial charge in [-0.1, -0.05) is 0 Å². The van der Waals surface area contributed by atoms with Gasteiger partial charge in [0, 0.05) is 0 Å². The van der Waals surface area contributed by atoms with Gasteiger partial charge >= 0.3 is 19.5 Å². The minimum absolute atomic E-state index is 0. The molecule has 0 rings (SSSR count). The van der Waals surface area contributed by atoms with Crippen LogP contribution in [0.5, 0.6) is 0 Å². The van der Waals surface area contributed by atoms with Crippen LogP contribution in [0.25, 0.3) is 5.41 Å². The van der Waals surface area contributed by atoms with Crippen LogP contribution in [0.1, 0.15) is 0 Å². The fraction of sp³-hybridized carbons (Fsp3) is 0. The van der Waals surface area contributed by atoms with Gasteiger partial charge in [-0.3, -0.25) is 12.7 Å². The molecule has 0 radical (unpaired) electrons. The zero-order chi connectivity index (χ0) is 3.41. The van der Waals surface area contributed by atoms with Crippen molar-refractivity contribution in [2.75, 3.05) is 0 Å². The van der Waals surface area contributed by atoms with E-state index in [0.29, 0.717) is 0 Å². The van der Waals surface area contributed by atoms with Crippen molar-refractivity contribution in [3.63, 3.8) is 0 Å². The van der Waals surface area contributed by atoms with Crippen molar-refractivity contribution in [3.8, 4) is 0 Å². The standard InChI is InChI=1S/C3H3N.Zn/c1-2-3-4;/h1-3H;/q-2;+2. The second kappa shape index (κ2) is 8.98. The molecule has 5 heavy (non-hydrogen) atoms. The second-order valence-electron chi connectivity index (χ2n) is 0.342. The van der Waals surface area contributed by atoms with Crippen molar-refractivity contribution < 1.29 is 19.5 Å². The third-order valence-corrected chi connectivity index (χ3v) is 0.0861. The normalized spacial score (nSPS) is 4.00. The minimum Gasteiger partial charge on any atom is -0.911 e. The largest absolute Gasteiger partial charge is 2.00 e. The van der Waals surface area contributed by atoms with Crippen molar-refractivity contribution in [2.24, 2.45) is 0 Å². The van der Waals surface area contributed by atoms with Crippen LogP contribution in [0, 0.1) is 6.58 Å². The Kier molecular flexibility index (Phi) is 16.0. The molecule has 1 nitrogen and oxygen atoms in total. The van der Waals surface area contributed by atoms with E-state index in [1.165, 1.54) is 0 Å². The molecule has 0 amide bonds. The van der Waals surface area contributed by atoms with Crippen LogP contribution in [0.15, 0.2) is 6.08 Å². The third kappa shape index (κ3) is 15.6. The summed E-state index contributed by atoms with van der Waals surface area (Å²) in [6.45, 7) is 4.60. The fourth-order valence-corrected chi connectivity index (χ4v) is 0. The molecule has 0 bridgehead atoms. The number of nitrogens with zero attached hydrogens (tertiary/aromatic N) is 1. The molecule has 0 aliphatic rings. The molecule has 0 fully saturated rings. The molecule has 0 spiro atoms. The van der Waals surface area contributed by atoms with Gasteiger partial charge in [0.1, 0.15) is 0 Å². The maximum atomic E-state index is 7.57. The maximum Gasteiger partial charge on any atom is 2.00 e. The molecule has 0 saturated carbocycles. The van der Waals surface area contributed by atoms with E-state index >= 15 is 0 Å². The van der Waals surface area contributed by atoms with Crippen LogP contribution in [0.4, 0.5) is 0 Å². The first-order valence-corrected chi connectivity index (χ1v) is 0.925. The van der Waals surface area contributed by atoms with Gasteiger partial charge in [0.25, 0.3) is 0 Å². The Morgan fingerprint density at radius 2 is 1.80 bits per heavy atom. The minimum atomic E-state index is 0. The summed E-state index contributed by atoms with van der Waals surface area (Å²) in [7, 11) is 0. The van der Waals surface area contributed by atoms with Gasteiger partial charge in [-0.25, -0.2) is 0 Å². The van der Waals surface area contributed by atoms with E-state index in [0.717, 1.165) is 12.3 Å². The van der Waals surface area contributed by atoms with E-state index in [4.69, 9.17) is 5.41 Å². The molecule has 2 heteroatoms. The number of hydrogen-bond acceptors (Lipinski definition) is 0. The smallest absolute Gasteiger partial charge is 0.911 e. The second-order valence-corrected chi connectivity index (χ2v) is 0.342. The van der Waals surface area contributed by atoms with Gasteiger partial charge in [0.2, 0.25) is 0 Å². The first-order chi connectivity index (χ1) is 1.91. The average molecular weight is 118 g/mol. The van der Waals surface area contributed by atoms with E-state index in [9.17, 15) is 0 Å². The molecule has 0 unspecified atom stereocenters. The summed E-state index contributed by atoms with van der Waals surface area (Å²) in [5.74, 6) is 0. The van der Waals surface area contributed by atoms with E-state index < -0.39 is 0 Å². The van der Waals surface area contributed by atoms with E-state index in [1.807, 2.05) is 0 Å². The monoisotopic (exact) mass is 117 g/mol. The van der Waals surface area contributed by atoms with E-state index in [1.54, 1.807) is 0 Å². The molecule has 0 atom stereocenters. The molecule has 0 heterocycles. The molecular formula is C3H3NZn. The Labute approximate surface area is 44.3 Å². The van der Waals surface area contributed by atoms with Gasteiger partial charge in [-0.05, 0) is 0 Å². The molecule has 0 saturated heterocycles. The van der Waals surface area contributed by atoms with Crippen molar-refractivity contribution >= 4 is 6.21 Å². The predicted octanol–water partition coefficient (Wildman–Crippen LogP) is 0.613. The number of hydrogen-bond donors (Lipinski definition) is 0. The van der Waals surface area contributed by atoms with Crippen LogP contribution in [0.3, 0.4) is 0 Å². The first-order valence-electron chi connectivity index (χ1n) is 0.925. The van der Waals surface area contributed by atoms with Crippen molar-refractivity contribution in [3.05, 3.63) is 18.1 Å². The van der Waals surface area contributed by atoms with Gasteiger partial charge in [-0.15, -0.1) is 0 Å². The fourth-order valence-electron chi connectivity index (χ4n) is 0. The van der Waals surface area contributed by atoms with Crippen LogP contribution in [0.2, 0.25) is 0 Å². The number of rotatable bonds is 1. The predicted molar refractivity (Wildman–Crippen MR) is 18.3 cm³/mol. The van der Waals surface area contributed by atoms with Gasteiger partial charge in [0.05, 0.1) is 0 Å². The zero-order valence-corrected chi connectivity index (χ0v) is 5.85. The van der Waals surface area contributed by atoms with E-state index in [-0.39, 0.29) is 19.5 Å². The maximum absolute atomic E-state index is 7.57. The first kappa shape index (κ1) is 8.90. The summed E-state index contributed by atoms with van der Waals surface area (Å²) < 4.78 is 0. The molecule has 0 aromatic heterocycles. The third-order valence-electron chi connectivity index (χ3n) is 0.0861. The Bertz CT molecular complexity index is 27.9. The molecule has 0 N–H and O–H groups in total. The summed E-state index contributed by atoms with van der Waals surface area (Å²) in [6.07, 6.45) is 1.83. The summed E-state index contributed by atoms with van der Waals surface area (Å²) >= 11 is 0. The molecule has 0 aromatic rings. The SMILES string of the molecule is [CH-]=CC=[N-].[Zn+2].